The normalized spacial score (nSPS) is 22.0. The first-order valence-electron chi connectivity index (χ1n) is 7.13. The van der Waals surface area contributed by atoms with Gasteiger partial charge >= 0.3 is 0 Å². The molecule has 118 valence electrons. The molecule has 4 aliphatic rings. The number of rotatable bonds is 3. The van der Waals surface area contributed by atoms with Crippen molar-refractivity contribution in [2.24, 2.45) is 11.6 Å². The Kier molecular flexibility index (Phi) is 3.49. The summed E-state index contributed by atoms with van der Waals surface area (Å²) in [6.45, 7) is 5.41. The van der Waals surface area contributed by atoms with Crippen LogP contribution >= 0.6 is 0 Å². The first-order valence-corrected chi connectivity index (χ1v) is 7.13. The molecule has 0 aromatic heterocycles. The number of nitrogens with one attached hydrogen (secondary N) is 2. The lowest BCUT2D eigenvalue weighted by molar-refractivity contribution is -0.117. The van der Waals surface area contributed by atoms with Crippen LogP contribution < -0.4 is 17.0 Å². The first-order chi connectivity index (χ1) is 10.5. The maximum absolute atomic E-state index is 12.4. The summed E-state index contributed by atoms with van der Waals surface area (Å²) < 4.78 is 0. The molecule has 3 fully saturated rings. The third-order valence-electron chi connectivity index (χ3n) is 3.64. The Hall–Kier alpha value is -2.55. The van der Waals surface area contributed by atoms with Crippen LogP contribution in [0.3, 0.4) is 0 Å². The molecule has 0 amide bonds. The topological polar surface area (TPSA) is 131 Å². The molecule has 0 aromatic carbocycles. The third-order valence-corrected chi connectivity index (χ3v) is 3.64. The number of ketones is 2. The lowest BCUT2D eigenvalue weighted by Crippen LogP contribution is -2.35. The van der Waals surface area contributed by atoms with E-state index in [1.54, 1.807) is 0 Å². The Balaban J connectivity index is 0.000000254. The quantitative estimate of drug-likeness (QED) is 0.113. The van der Waals surface area contributed by atoms with E-state index >= 15 is 0 Å². The Morgan fingerprint density at radius 2 is 1.45 bits per heavy atom. The van der Waals surface area contributed by atoms with Crippen LogP contribution in [0.1, 0.15) is 0 Å². The molecule has 3 saturated heterocycles. The Labute approximate surface area is 127 Å². The monoisotopic (exact) mass is 305 g/mol. The highest BCUT2D eigenvalue weighted by Crippen LogP contribution is 2.33. The summed E-state index contributed by atoms with van der Waals surface area (Å²) in [5, 5.41) is 6.28. The molecule has 0 unspecified atom stereocenters. The first kappa shape index (κ1) is 14.4. The SMILES string of the molecule is N=C(N)NN.O=C1C=C(N2CC2)C(=O)C(N2CC2)=C1N1CC1. The molecule has 0 spiro atoms. The highest BCUT2D eigenvalue weighted by atomic mass is 16.1. The predicted molar refractivity (Wildman–Crippen MR) is 79.1 cm³/mol. The summed E-state index contributed by atoms with van der Waals surface area (Å²) in [4.78, 5) is 30.5. The zero-order valence-electron chi connectivity index (χ0n) is 12.1. The zero-order chi connectivity index (χ0) is 15.9. The molecule has 9 nitrogen and oxygen atoms in total. The Morgan fingerprint density at radius 1 is 1.00 bits per heavy atom. The molecule has 9 heteroatoms. The van der Waals surface area contributed by atoms with Crippen molar-refractivity contribution in [3.63, 3.8) is 0 Å². The molecule has 0 saturated carbocycles. The molecule has 0 aromatic rings. The molecule has 3 heterocycles. The fourth-order valence-electron chi connectivity index (χ4n) is 2.28. The minimum Gasteiger partial charge on any atom is -0.369 e. The minimum absolute atomic E-state index is 0.00546. The number of carbonyl (C=O) groups is 2. The van der Waals surface area contributed by atoms with Crippen molar-refractivity contribution in [2.75, 3.05) is 39.3 Å². The van der Waals surface area contributed by atoms with Crippen molar-refractivity contribution in [1.82, 2.24) is 20.1 Å². The van der Waals surface area contributed by atoms with Gasteiger partial charge in [0.1, 0.15) is 11.4 Å². The second-order valence-corrected chi connectivity index (χ2v) is 5.44. The second kappa shape index (κ2) is 5.34. The summed E-state index contributed by atoms with van der Waals surface area (Å²) in [5.74, 6) is 4.40. The van der Waals surface area contributed by atoms with Crippen molar-refractivity contribution in [2.45, 2.75) is 0 Å². The van der Waals surface area contributed by atoms with E-state index in [1.165, 1.54) is 6.08 Å². The van der Waals surface area contributed by atoms with Crippen LogP contribution in [0.5, 0.6) is 0 Å². The number of nitrogens with two attached hydrogens (primary N) is 2. The lowest BCUT2D eigenvalue weighted by atomic mass is 10.0. The van der Waals surface area contributed by atoms with E-state index < -0.39 is 0 Å². The van der Waals surface area contributed by atoms with Crippen molar-refractivity contribution in [3.8, 4) is 0 Å². The van der Waals surface area contributed by atoms with Gasteiger partial charge in [0, 0.05) is 45.3 Å². The number of carbonyl (C=O) groups excluding carboxylic acids is 2. The number of Topliss-reactive ketones (excluding diaryl/α,β-unsaturated/α-hetero) is 1. The fourth-order valence-corrected chi connectivity index (χ4v) is 2.28. The van der Waals surface area contributed by atoms with E-state index in [4.69, 9.17) is 5.41 Å². The van der Waals surface area contributed by atoms with Gasteiger partial charge in [-0.05, 0) is 0 Å². The number of hydrogen-bond donors (Lipinski definition) is 4. The third kappa shape index (κ3) is 2.89. The van der Waals surface area contributed by atoms with Gasteiger partial charge < -0.3 is 20.4 Å². The van der Waals surface area contributed by atoms with Gasteiger partial charge in [-0.3, -0.25) is 20.4 Å². The zero-order valence-corrected chi connectivity index (χ0v) is 12.1. The van der Waals surface area contributed by atoms with Gasteiger partial charge in [-0.25, -0.2) is 5.84 Å². The predicted octanol–water partition coefficient (Wildman–Crippen LogP) is -2.48. The maximum Gasteiger partial charge on any atom is 0.227 e. The molecule has 1 aliphatic carbocycles. The van der Waals surface area contributed by atoms with Crippen molar-refractivity contribution in [3.05, 3.63) is 23.2 Å². The van der Waals surface area contributed by atoms with Crippen LogP contribution in [0.2, 0.25) is 0 Å². The summed E-state index contributed by atoms with van der Waals surface area (Å²) in [6, 6.07) is 0. The number of nitrogens with zero attached hydrogens (tertiary/aromatic N) is 3. The molecular formula is C13H19N7O2. The number of allylic oxidation sites excluding steroid dienone is 1. The molecule has 6 N–H and O–H groups in total. The number of guanidine groups is 1. The van der Waals surface area contributed by atoms with E-state index in [0.29, 0.717) is 17.1 Å². The van der Waals surface area contributed by atoms with E-state index in [-0.39, 0.29) is 17.5 Å². The van der Waals surface area contributed by atoms with Crippen LogP contribution in [0.15, 0.2) is 23.2 Å². The van der Waals surface area contributed by atoms with E-state index in [0.717, 1.165) is 39.3 Å². The summed E-state index contributed by atoms with van der Waals surface area (Å²) >= 11 is 0. The van der Waals surface area contributed by atoms with Gasteiger partial charge in [-0.2, -0.15) is 0 Å². The van der Waals surface area contributed by atoms with Crippen LogP contribution in [-0.4, -0.2) is 71.5 Å². The van der Waals surface area contributed by atoms with Crippen molar-refractivity contribution < 1.29 is 9.59 Å². The largest absolute Gasteiger partial charge is 0.369 e. The molecule has 4 rings (SSSR count). The summed E-state index contributed by atoms with van der Waals surface area (Å²) in [5.41, 5.74) is 8.41. The van der Waals surface area contributed by atoms with E-state index in [9.17, 15) is 9.59 Å². The van der Waals surface area contributed by atoms with Gasteiger partial charge in [0.05, 0.1) is 5.70 Å². The van der Waals surface area contributed by atoms with Crippen molar-refractivity contribution in [1.29, 1.82) is 5.41 Å². The van der Waals surface area contributed by atoms with Gasteiger partial charge in [0.2, 0.25) is 11.6 Å². The molecular weight excluding hydrogens is 286 g/mol. The fraction of sp³-hybridized carbons (Fsp3) is 0.462. The Morgan fingerprint density at radius 3 is 1.86 bits per heavy atom. The molecule has 0 radical (unpaired) electrons. The highest BCUT2D eigenvalue weighted by molar-refractivity contribution is 6.22. The molecule has 0 atom stereocenters. The van der Waals surface area contributed by atoms with Crippen molar-refractivity contribution >= 4 is 17.5 Å². The summed E-state index contributed by atoms with van der Waals surface area (Å²) in [7, 11) is 0. The van der Waals surface area contributed by atoms with Gasteiger partial charge in [0.15, 0.2) is 5.96 Å². The van der Waals surface area contributed by atoms with Crippen LogP contribution in [0.4, 0.5) is 0 Å². The average molecular weight is 305 g/mol. The number of hydrazine groups is 1. The van der Waals surface area contributed by atoms with E-state index in [2.05, 4.69) is 11.6 Å². The van der Waals surface area contributed by atoms with Gasteiger partial charge in [0.25, 0.3) is 0 Å². The van der Waals surface area contributed by atoms with Crippen LogP contribution in [0, 0.1) is 5.41 Å². The summed E-state index contributed by atoms with van der Waals surface area (Å²) in [6.07, 6.45) is 1.52. The molecule has 0 bridgehead atoms. The lowest BCUT2D eigenvalue weighted by Gasteiger charge is -2.21. The second-order valence-electron chi connectivity index (χ2n) is 5.44. The minimum atomic E-state index is -0.218. The Bertz CT molecular complexity index is 598. The van der Waals surface area contributed by atoms with E-state index in [1.807, 2.05) is 20.1 Å². The highest BCUT2D eigenvalue weighted by Gasteiger charge is 2.43. The van der Waals surface area contributed by atoms with Gasteiger partial charge in [-0.1, -0.05) is 0 Å². The van der Waals surface area contributed by atoms with Crippen LogP contribution in [0.25, 0.3) is 0 Å². The number of hydrogen-bond acceptors (Lipinski definition) is 7. The standard InChI is InChI=1S/C12H13N3O2.CH6N4/c16-9-7-8(13-1-2-13)12(17)11(15-5-6-15)10(9)14-3-4-14;2-1(3)5-4/h7H,1-6H2;4H2,(H4,2,3,5). The maximum atomic E-state index is 12.4. The average Bonchev–Trinajstić information content (AvgIpc) is 3.34. The molecule has 3 aliphatic heterocycles. The van der Waals surface area contributed by atoms with Crippen LogP contribution in [-0.2, 0) is 9.59 Å². The smallest absolute Gasteiger partial charge is 0.227 e. The van der Waals surface area contributed by atoms with Gasteiger partial charge in [-0.15, -0.1) is 0 Å². The molecule has 22 heavy (non-hydrogen) atoms.